The Bertz CT molecular complexity index is 732. The molecular formula is C16H22N2O4S. The first-order chi connectivity index (χ1) is 10.8. The van der Waals surface area contributed by atoms with Crippen molar-refractivity contribution >= 4 is 15.9 Å². The van der Waals surface area contributed by atoms with Crippen molar-refractivity contribution in [1.82, 2.24) is 9.21 Å². The van der Waals surface area contributed by atoms with Crippen molar-refractivity contribution in [3.8, 4) is 5.75 Å². The summed E-state index contributed by atoms with van der Waals surface area (Å²) in [4.78, 5) is 13.7. The topological polar surface area (TPSA) is 66.9 Å². The number of hydrogen-bond acceptors (Lipinski definition) is 4. The summed E-state index contributed by atoms with van der Waals surface area (Å²) in [6.45, 7) is 2.65. The molecule has 0 radical (unpaired) electrons. The molecule has 2 aliphatic heterocycles. The molecular weight excluding hydrogens is 316 g/mol. The van der Waals surface area contributed by atoms with Gasteiger partial charge in [0.2, 0.25) is 15.9 Å². The molecule has 23 heavy (non-hydrogen) atoms. The molecule has 3 rings (SSSR count). The first-order valence-corrected chi connectivity index (χ1v) is 9.19. The van der Waals surface area contributed by atoms with E-state index < -0.39 is 10.0 Å². The van der Waals surface area contributed by atoms with Crippen LogP contribution < -0.4 is 4.74 Å². The molecule has 2 aliphatic rings. The zero-order chi connectivity index (χ0) is 16.8. The molecule has 0 unspecified atom stereocenters. The maximum absolute atomic E-state index is 13.0. The predicted octanol–water partition coefficient (Wildman–Crippen LogP) is 1.24. The summed E-state index contributed by atoms with van der Waals surface area (Å²) in [7, 11) is -0.405. The van der Waals surface area contributed by atoms with Gasteiger partial charge in [0.05, 0.1) is 7.11 Å². The number of benzene rings is 1. The first-order valence-electron chi connectivity index (χ1n) is 7.75. The Morgan fingerprint density at radius 2 is 2.04 bits per heavy atom. The van der Waals surface area contributed by atoms with Gasteiger partial charge in [-0.25, -0.2) is 8.42 Å². The van der Waals surface area contributed by atoms with Gasteiger partial charge in [-0.05, 0) is 37.0 Å². The molecule has 0 saturated carbocycles. The minimum atomic E-state index is -3.64. The van der Waals surface area contributed by atoms with E-state index in [1.807, 2.05) is 13.0 Å². The van der Waals surface area contributed by atoms with E-state index in [2.05, 4.69) is 0 Å². The summed E-state index contributed by atoms with van der Waals surface area (Å²) >= 11 is 0. The fraction of sp³-hybridized carbons (Fsp3) is 0.562. The molecule has 1 aromatic rings. The lowest BCUT2D eigenvalue weighted by molar-refractivity contribution is -0.127. The highest BCUT2D eigenvalue weighted by atomic mass is 32.2. The van der Waals surface area contributed by atoms with Crippen molar-refractivity contribution in [2.24, 2.45) is 5.92 Å². The second-order valence-corrected chi connectivity index (χ2v) is 8.25. The minimum absolute atomic E-state index is 0.0261. The van der Waals surface area contributed by atoms with E-state index in [4.69, 9.17) is 4.74 Å². The van der Waals surface area contributed by atoms with E-state index in [0.29, 0.717) is 31.7 Å². The molecule has 2 fully saturated rings. The summed E-state index contributed by atoms with van der Waals surface area (Å²) in [5, 5.41) is 0. The number of piperidine rings is 1. The zero-order valence-corrected chi connectivity index (χ0v) is 14.5. The summed E-state index contributed by atoms with van der Waals surface area (Å²) in [5.74, 6) is 0.722. The number of ether oxygens (including phenoxy) is 1. The summed E-state index contributed by atoms with van der Waals surface area (Å²) in [5.41, 5.74) is 0.868. The van der Waals surface area contributed by atoms with Gasteiger partial charge in [-0.15, -0.1) is 0 Å². The van der Waals surface area contributed by atoms with Gasteiger partial charge in [-0.1, -0.05) is 6.07 Å². The Hall–Kier alpha value is -1.60. The molecule has 0 aliphatic carbocycles. The van der Waals surface area contributed by atoms with E-state index in [1.165, 1.54) is 11.4 Å². The average Bonchev–Trinajstić information content (AvgIpc) is 2.81. The number of sulfonamides is 1. The van der Waals surface area contributed by atoms with Crippen LogP contribution in [0.4, 0.5) is 0 Å². The number of fused-ring (bicyclic) bond motifs is 1. The van der Waals surface area contributed by atoms with Gasteiger partial charge in [-0.3, -0.25) is 4.79 Å². The molecule has 2 atom stereocenters. The van der Waals surface area contributed by atoms with Crippen LogP contribution in [0.15, 0.2) is 23.1 Å². The Labute approximate surface area is 137 Å². The predicted molar refractivity (Wildman–Crippen MR) is 85.8 cm³/mol. The number of nitrogens with zero attached hydrogens (tertiary/aromatic N) is 2. The van der Waals surface area contributed by atoms with Gasteiger partial charge in [0.1, 0.15) is 10.6 Å². The molecule has 0 spiro atoms. The molecule has 2 saturated heterocycles. The van der Waals surface area contributed by atoms with Crippen molar-refractivity contribution in [2.75, 3.05) is 27.2 Å². The lowest BCUT2D eigenvalue weighted by Crippen LogP contribution is -2.49. The number of amides is 1. The Kier molecular flexibility index (Phi) is 4.10. The third-order valence-electron chi connectivity index (χ3n) is 4.95. The number of carbonyl (C=O) groups is 1. The fourth-order valence-corrected chi connectivity index (χ4v) is 5.24. The SMILES string of the molecule is COc1ccc(C)cc1S(=O)(=O)N1CC[C@@H]2CC(=O)N(C)[C@@H]2C1. The van der Waals surface area contributed by atoms with E-state index >= 15 is 0 Å². The molecule has 1 amide bonds. The van der Waals surface area contributed by atoms with E-state index in [-0.39, 0.29) is 22.8 Å². The number of likely N-dealkylation sites (tertiary alicyclic amines) is 1. The number of methoxy groups -OCH3 is 1. The molecule has 6 nitrogen and oxygen atoms in total. The smallest absolute Gasteiger partial charge is 0.246 e. The third kappa shape index (κ3) is 2.72. The average molecular weight is 338 g/mol. The van der Waals surface area contributed by atoms with Crippen molar-refractivity contribution < 1.29 is 17.9 Å². The van der Waals surface area contributed by atoms with E-state index in [9.17, 15) is 13.2 Å². The molecule has 7 heteroatoms. The Morgan fingerprint density at radius 1 is 1.30 bits per heavy atom. The summed E-state index contributed by atoms with van der Waals surface area (Å²) < 4.78 is 32.8. The second kappa shape index (κ2) is 5.79. The number of likely N-dealkylation sites (N-methyl/N-ethyl adjacent to an activating group) is 1. The highest BCUT2D eigenvalue weighted by molar-refractivity contribution is 7.89. The van der Waals surface area contributed by atoms with E-state index in [1.54, 1.807) is 24.1 Å². The molecule has 1 aromatic carbocycles. The Balaban J connectivity index is 1.92. The van der Waals surface area contributed by atoms with Crippen molar-refractivity contribution in [2.45, 2.75) is 30.7 Å². The van der Waals surface area contributed by atoms with Crippen molar-refractivity contribution in [1.29, 1.82) is 0 Å². The molecule has 0 aromatic heterocycles. The van der Waals surface area contributed by atoms with Crippen LogP contribution in [-0.4, -0.2) is 56.8 Å². The van der Waals surface area contributed by atoms with Gasteiger partial charge < -0.3 is 9.64 Å². The maximum atomic E-state index is 13.0. The van der Waals surface area contributed by atoms with Crippen molar-refractivity contribution in [3.05, 3.63) is 23.8 Å². The van der Waals surface area contributed by atoms with Crippen LogP contribution >= 0.6 is 0 Å². The van der Waals surface area contributed by atoms with Crippen LogP contribution in [-0.2, 0) is 14.8 Å². The van der Waals surface area contributed by atoms with Crippen LogP contribution in [0.2, 0.25) is 0 Å². The number of carbonyl (C=O) groups excluding carboxylic acids is 1. The number of aryl methyl sites for hydroxylation is 1. The van der Waals surface area contributed by atoms with Gasteiger partial charge >= 0.3 is 0 Å². The molecule has 126 valence electrons. The zero-order valence-electron chi connectivity index (χ0n) is 13.7. The lowest BCUT2D eigenvalue weighted by Gasteiger charge is -2.36. The summed E-state index contributed by atoms with van der Waals surface area (Å²) in [6, 6.07) is 5.12. The normalized spacial score (nSPS) is 25.5. The van der Waals surface area contributed by atoms with Crippen LogP contribution in [0.3, 0.4) is 0 Å². The quantitative estimate of drug-likeness (QED) is 0.832. The first kappa shape index (κ1) is 16.3. The van der Waals surface area contributed by atoms with Crippen molar-refractivity contribution in [3.63, 3.8) is 0 Å². The van der Waals surface area contributed by atoms with Gasteiger partial charge in [-0.2, -0.15) is 4.31 Å². The van der Waals surface area contributed by atoms with Crippen LogP contribution in [0.1, 0.15) is 18.4 Å². The number of rotatable bonds is 3. The lowest BCUT2D eigenvalue weighted by atomic mass is 9.93. The molecule has 0 bridgehead atoms. The minimum Gasteiger partial charge on any atom is -0.495 e. The van der Waals surface area contributed by atoms with Gasteiger partial charge in [0, 0.05) is 32.6 Å². The van der Waals surface area contributed by atoms with Gasteiger partial charge in [0.25, 0.3) is 0 Å². The Morgan fingerprint density at radius 3 is 2.74 bits per heavy atom. The standard InChI is InChI=1S/C16H22N2O4S/c1-11-4-5-14(22-3)15(8-11)23(20,21)18-7-6-12-9-16(19)17(2)13(12)10-18/h4-5,8,12-13H,6-7,9-10H2,1-3H3/t12-,13-/m1/s1. The van der Waals surface area contributed by atoms with Crippen LogP contribution in [0.25, 0.3) is 0 Å². The maximum Gasteiger partial charge on any atom is 0.246 e. The van der Waals surface area contributed by atoms with Gasteiger partial charge in [0.15, 0.2) is 0 Å². The number of hydrogen-bond donors (Lipinski definition) is 0. The van der Waals surface area contributed by atoms with Crippen LogP contribution in [0.5, 0.6) is 5.75 Å². The molecule has 0 N–H and O–H groups in total. The fourth-order valence-electron chi connectivity index (χ4n) is 3.52. The van der Waals surface area contributed by atoms with Crippen LogP contribution in [0, 0.1) is 12.8 Å². The highest BCUT2D eigenvalue weighted by Crippen LogP contribution is 2.35. The second-order valence-electron chi connectivity index (χ2n) is 6.34. The largest absolute Gasteiger partial charge is 0.495 e. The highest BCUT2D eigenvalue weighted by Gasteiger charge is 2.44. The molecule has 2 heterocycles. The van der Waals surface area contributed by atoms with E-state index in [0.717, 1.165) is 5.56 Å². The monoisotopic (exact) mass is 338 g/mol. The third-order valence-corrected chi connectivity index (χ3v) is 6.84. The summed E-state index contributed by atoms with van der Waals surface area (Å²) in [6.07, 6.45) is 1.25.